The van der Waals surface area contributed by atoms with Crippen molar-refractivity contribution in [3.8, 4) is 17.2 Å². The summed E-state index contributed by atoms with van der Waals surface area (Å²) in [5.41, 5.74) is 5.65. The van der Waals surface area contributed by atoms with Crippen molar-refractivity contribution in [1.82, 2.24) is 5.32 Å². The number of hydrogen-bond donors (Lipinski definition) is 2. The van der Waals surface area contributed by atoms with Crippen LogP contribution >= 0.6 is 12.2 Å². The van der Waals surface area contributed by atoms with E-state index in [1.165, 1.54) is 27.4 Å². The molecule has 0 spiro atoms. The van der Waals surface area contributed by atoms with Gasteiger partial charge in [-0.15, -0.1) is 0 Å². The van der Waals surface area contributed by atoms with Crippen LogP contribution in [0.3, 0.4) is 0 Å². The van der Waals surface area contributed by atoms with Gasteiger partial charge in [-0.1, -0.05) is 12.2 Å². The molecule has 0 unspecified atom stereocenters. The first-order chi connectivity index (χ1) is 9.03. The fourth-order valence-corrected chi connectivity index (χ4v) is 1.54. The summed E-state index contributed by atoms with van der Waals surface area (Å²) in [6.07, 6.45) is 0. The average molecular weight is 284 g/mol. The van der Waals surface area contributed by atoms with Crippen molar-refractivity contribution < 1.29 is 19.0 Å². The lowest BCUT2D eigenvalue weighted by molar-refractivity contribution is 0.0956. The fourth-order valence-electron chi connectivity index (χ4n) is 1.47. The number of nitrogens with two attached hydrogens (primary N) is 1. The molecular weight excluding hydrogens is 268 g/mol. The van der Waals surface area contributed by atoms with E-state index in [1.54, 1.807) is 6.07 Å². The highest BCUT2D eigenvalue weighted by molar-refractivity contribution is 7.80. The molecule has 3 N–H and O–H groups in total. The molecule has 1 rings (SSSR count). The molecule has 0 bridgehead atoms. The normalized spacial score (nSPS) is 9.63. The van der Waals surface area contributed by atoms with Crippen molar-refractivity contribution >= 4 is 23.1 Å². The number of nitrogens with one attached hydrogen (secondary N) is 1. The predicted octanol–water partition coefficient (Wildman–Crippen LogP) is 0.728. The number of benzene rings is 1. The summed E-state index contributed by atoms with van der Waals surface area (Å²) in [7, 11) is 4.45. The minimum atomic E-state index is -0.356. The van der Waals surface area contributed by atoms with Crippen LogP contribution in [-0.4, -0.2) is 38.8 Å². The minimum absolute atomic E-state index is 0.117. The Hall–Kier alpha value is -2.02. The molecular formula is C12H16N2O4S. The highest BCUT2D eigenvalue weighted by Crippen LogP contribution is 2.34. The first-order valence-corrected chi connectivity index (χ1v) is 5.80. The van der Waals surface area contributed by atoms with Gasteiger partial charge in [-0.3, -0.25) is 4.79 Å². The van der Waals surface area contributed by atoms with Crippen LogP contribution in [0.1, 0.15) is 10.4 Å². The maximum atomic E-state index is 12.0. The molecule has 0 aliphatic carbocycles. The SMILES string of the molecule is COc1cc(OC)c(C(=O)NCC(N)=S)cc1OC. The van der Waals surface area contributed by atoms with Gasteiger partial charge in [0.05, 0.1) is 38.4 Å². The van der Waals surface area contributed by atoms with Gasteiger partial charge >= 0.3 is 0 Å². The van der Waals surface area contributed by atoms with Crippen molar-refractivity contribution in [1.29, 1.82) is 0 Å². The van der Waals surface area contributed by atoms with Crippen LogP contribution in [0.2, 0.25) is 0 Å². The van der Waals surface area contributed by atoms with Crippen LogP contribution in [-0.2, 0) is 0 Å². The van der Waals surface area contributed by atoms with Crippen molar-refractivity contribution in [3.63, 3.8) is 0 Å². The van der Waals surface area contributed by atoms with Crippen molar-refractivity contribution in [2.24, 2.45) is 5.73 Å². The standard InChI is InChI=1S/C12H16N2O4S/c1-16-8-5-10(18-3)9(17-2)4-7(8)12(15)14-6-11(13)19/h4-5H,6H2,1-3H3,(H2,13,19)(H,14,15). The minimum Gasteiger partial charge on any atom is -0.496 e. The number of thiocarbonyl (C=S) groups is 1. The van der Waals surface area contributed by atoms with Crippen LogP contribution < -0.4 is 25.3 Å². The largest absolute Gasteiger partial charge is 0.496 e. The van der Waals surface area contributed by atoms with Crippen LogP contribution in [0.5, 0.6) is 17.2 Å². The molecule has 0 fully saturated rings. The lowest BCUT2D eigenvalue weighted by Gasteiger charge is -2.13. The third kappa shape index (κ3) is 3.72. The summed E-state index contributed by atoms with van der Waals surface area (Å²) in [6, 6.07) is 3.11. The Labute approximate surface area is 116 Å². The van der Waals surface area contributed by atoms with E-state index >= 15 is 0 Å². The molecule has 1 amide bonds. The molecule has 1 aromatic carbocycles. The summed E-state index contributed by atoms with van der Waals surface area (Å²) < 4.78 is 15.4. The van der Waals surface area contributed by atoms with Crippen molar-refractivity contribution in [2.75, 3.05) is 27.9 Å². The molecule has 6 nitrogen and oxygen atoms in total. The second kappa shape index (κ2) is 6.79. The van der Waals surface area contributed by atoms with Crippen LogP contribution in [0.4, 0.5) is 0 Å². The number of carbonyl (C=O) groups is 1. The van der Waals surface area contributed by atoms with E-state index in [9.17, 15) is 4.79 Å². The lowest BCUT2D eigenvalue weighted by Crippen LogP contribution is -2.32. The zero-order valence-corrected chi connectivity index (χ0v) is 11.8. The molecule has 0 atom stereocenters. The predicted molar refractivity (Wildman–Crippen MR) is 75.2 cm³/mol. The zero-order chi connectivity index (χ0) is 14.4. The Bertz CT molecular complexity index is 491. The molecule has 0 radical (unpaired) electrons. The number of carbonyl (C=O) groups excluding carboxylic acids is 1. The highest BCUT2D eigenvalue weighted by Gasteiger charge is 2.17. The van der Waals surface area contributed by atoms with Crippen LogP contribution in [0.15, 0.2) is 12.1 Å². The van der Waals surface area contributed by atoms with Crippen molar-refractivity contribution in [2.45, 2.75) is 0 Å². The van der Waals surface area contributed by atoms with E-state index in [0.717, 1.165) is 0 Å². The van der Waals surface area contributed by atoms with Gasteiger partial charge in [0.25, 0.3) is 5.91 Å². The highest BCUT2D eigenvalue weighted by atomic mass is 32.1. The van der Waals surface area contributed by atoms with Gasteiger partial charge in [-0.2, -0.15) is 0 Å². The number of amides is 1. The van der Waals surface area contributed by atoms with E-state index in [2.05, 4.69) is 5.32 Å². The van der Waals surface area contributed by atoms with Crippen molar-refractivity contribution in [3.05, 3.63) is 17.7 Å². The fraction of sp³-hybridized carbons (Fsp3) is 0.333. The summed E-state index contributed by atoms with van der Waals surface area (Å²) in [5, 5.41) is 2.58. The van der Waals surface area contributed by atoms with Gasteiger partial charge in [-0.25, -0.2) is 0 Å². The Balaban J connectivity index is 3.10. The molecule has 0 aliphatic rings. The Morgan fingerprint density at radius 2 is 1.68 bits per heavy atom. The third-order valence-electron chi connectivity index (χ3n) is 2.37. The van der Waals surface area contributed by atoms with Gasteiger partial charge in [0.2, 0.25) is 0 Å². The first kappa shape index (κ1) is 15.0. The Morgan fingerprint density at radius 3 is 2.16 bits per heavy atom. The Morgan fingerprint density at radius 1 is 1.16 bits per heavy atom. The number of ether oxygens (including phenoxy) is 3. The maximum Gasteiger partial charge on any atom is 0.255 e. The van der Waals surface area contributed by atoms with Crippen LogP contribution in [0, 0.1) is 0 Å². The monoisotopic (exact) mass is 284 g/mol. The molecule has 19 heavy (non-hydrogen) atoms. The van der Waals surface area contributed by atoms with Crippen LogP contribution in [0.25, 0.3) is 0 Å². The molecule has 1 aromatic rings. The zero-order valence-electron chi connectivity index (χ0n) is 11.0. The van der Waals surface area contributed by atoms with Gasteiger partial charge in [-0.05, 0) is 0 Å². The molecule has 7 heteroatoms. The van der Waals surface area contributed by atoms with Gasteiger partial charge in [0, 0.05) is 12.1 Å². The average Bonchev–Trinajstić information content (AvgIpc) is 2.42. The maximum absolute atomic E-state index is 12.0. The quantitative estimate of drug-likeness (QED) is 0.749. The molecule has 0 saturated heterocycles. The second-order valence-corrected chi connectivity index (χ2v) is 4.08. The van der Waals surface area contributed by atoms with E-state index in [-0.39, 0.29) is 17.4 Å². The summed E-state index contributed by atoms with van der Waals surface area (Å²) in [6.45, 7) is 0.117. The Kier molecular flexibility index (Phi) is 5.37. The summed E-state index contributed by atoms with van der Waals surface area (Å²) in [4.78, 5) is 12.2. The number of hydrogen-bond acceptors (Lipinski definition) is 5. The van der Waals surface area contributed by atoms with E-state index in [0.29, 0.717) is 22.8 Å². The lowest BCUT2D eigenvalue weighted by atomic mass is 10.1. The molecule has 104 valence electrons. The van der Waals surface area contributed by atoms with E-state index in [4.69, 9.17) is 32.2 Å². The topological polar surface area (TPSA) is 82.8 Å². The summed E-state index contributed by atoms with van der Waals surface area (Å²) in [5.74, 6) is 0.928. The second-order valence-electron chi connectivity index (χ2n) is 3.56. The van der Waals surface area contributed by atoms with Gasteiger partial charge in [0.1, 0.15) is 5.75 Å². The molecule has 0 aliphatic heterocycles. The molecule has 0 heterocycles. The molecule has 0 saturated carbocycles. The summed E-state index contributed by atoms with van der Waals surface area (Å²) >= 11 is 4.70. The van der Waals surface area contributed by atoms with Gasteiger partial charge < -0.3 is 25.3 Å². The number of methoxy groups -OCH3 is 3. The van der Waals surface area contributed by atoms with Gasteiger partial charge in [0.15, 0.2) is 11.5 Å². The van der Waals surface area contributed by atoms with E-state index in [1.807, 2.05) is 0 Å². The first-order valence-electron chi connectivity index (χ1n) is 5.40. The number of rotatable bonds is 6. The van der Waals surface area contributed by atoms with E-state index < -0.39 is 0 Å². The molecule has 0 aromatic heterocycles. The third-order valence-corrected chi connectivity index (χ3v) is 2.52. The smallest absolute Gasteiger partial charge is 0.255 e.